The van der Waals surface area contributed by atoms with Crippen molar-refractivity contribution in [3.8, 4) is 29.1 Å². The van der Waals surface area contributed by atoms with Gasteiger partial charge >= 0.3 is 0 Å². The van der Waals surface area contributed by atoms with Crippen molar-refractivity contribution in [3.63, 3.8) is 0 Å². The van der Waals surface area contributed by atoms with Gasteiger partial charge in [0, 0.05) is 24.4 Å². The minimum absolute atomic E-state index is 0.112. The average molecular weight is 438 g/mol. The fourth-order valence-electron chi connectivity index (χ4n) is 3.64. The SMILES string of the molecule is N#CN1CCC[C@@H](n2nc(-c3ccc(Oc4ccc(Cl)cn4)cc3)c(C(N)=O)c2N)C1. The van der Waals surface area contributed by atoms with Gasteiger partial charge in [0.1, 0.15) is 22.8 Å². The van der Waals surface area contributed by atoms with E-state index in [0.717, 1.165) is 12.8 Å². The molecule has 31 heavy (non-hydrogen) atoms. The molecule has 158 valence electrons. The second-order valence-electron chi connectivity index (χ2n) is 7.20. The van der Waals surface area contributed by atoms with E-state index in [0.29, 0.717) is 41.0 Å². The van der Waals surface area contributed by atoms with E-state index in [4.69, 9.17) is 27.8 Å². The lowest BCUT2D eigenvalue weighted by Crippen LogP contribution is -2.34. The fraction of sp³-hybridized carbons (Fsp3) is 0.238. The molecular formula is C21H20ClN7O2. The third kappa shape index (κ3) is 4.25. The Bertz CT molecular complexity index is 1140. The van der Waals surface area contributed by atoms with E-state index < -0.39 is 5.91 Å². The van der Waals surface area contributed by atoms with Crippen molar-refractivity contribution in [2.24, 2.45) is 5.73 Å². The third-order valence-corrected chi connectivity index (χ3v) is 5.35. The standard InChI is InChI=1S/C21H20ClN7O2/c22-14-5-8-17(26-10-14)31-16-6-3-13(4-7-16)19-18(21(25)30)20(24)29(27-19)15-2-1-9-28(11-15)12-23/h3-8,10,15H,1-2,9,11,24H2,(H2,25,30)/t15-/m1/s1. The highest BCUT2D eigenvalue weighted by Crippen LogP contribution is 2.33. The Morgan fingerprint density at radius 1 is 1.26 bits per heavy atom. The Morgan fingerprint density at radius 3 is 2.68 bits per heavy atom. The zero-order valence-electron chi connectivity index (χ0n) is 16.5. The number of hydrogen-bond donors (Lipinski definition) is 2. The molecule has 1 saturated heterocycles. The second kappa shape index (κ2) is 8.53. The number of halogens is 1. The molecule has 0 radical (unpaired) electrons. The van der Waals surface area contributed by atoms with Crippen molar-refractivity contribution in [3.05, 3.63) is 53.2 Å². The molecule has 0 bridgehead atoms. The minimum Gasteiger partial charge on any atom is -0.439 e. The highest BCUT2D eigenvalue weighted by atomic mass is 35.5. The number of rotatable bonds is 5. The first kappa shape index (κ1) is 20.5. The molecule has 4 N–H and O–H groups in total. The van der Waals surface area contributed by atoms with Crippen molar-refractivity contribution in [2.75, 3.05) is 18.8 Å². The van der Waals surface area contributed by atoms with Crippen LogP contribution in [0.3, 0.4) is 0 Å². The van der Waals surface area contributed by atoms with Gasteiger partial charge in [0.15, 0.2) is 6.19 Å². The van der Waals surface area contributed by atoms with Gasteiger partial charge in [-0.3, -0.25) is 4.79 Å². The number of ether oxygens (including phenoxy) is 1. The maximum atomic E-state index is 12.2. The number of carbonyl (C=O) groups is 1. The first-order valence-electron chi connectivity index (χ1n) is 9.68. The number of hydrogen-bond acceptors (Lipinski definition) is 7. The molecule has 0 saturated carbocycles. The molecule has 1 aliphatic heterocycles. The van der Waals surface area contributed by atoms with E-state index in [1.54, 1.807) is 46.0 Å². The molecule has 0 aliphatic carbocycles. The van der Waals surface area contributed by atoms with E-state index in [2.05, 4.69) is 16.3 Å². The third-order valence-electron chi connectivity index (χ3n) is 5.13. The zero-order valence-corrected chi connectivity index (χ0v) is 17.3. The molecule has 10 heteroatoms. The highest BCUT2D eigenvalue weighted by Gasteiger charge is 2.28. The Labute approximate surface area is 183 Å². The molecule has 0 unspecified atom stereocenters. The smallest absolute Gasteiger partial charge is 0.254 e. The quantitative estimate of drug-likeness (QED) is 0.585. The Kier molecular flexibility index (Phi) is 5.64. The second-order valence-corrected chi connectivity index (χ2v) is 7.64. The van der Waals surface area contributed by atoms with Crippen molar-refractivity contribution < 1.29 is 9.53 Å². The first-order chi connectivity index (χ1) is 15.0. The Morgan fingerprint density at radius 2 is 2.03 bits per heavy atom. The summed E-state index contributed by atoms with van der Waals surface area (Å²) in [6.45, 7) is 1.19. The molecule has 1 fully saturated rings. The van der Waals surface area contributed by atoms with Crippen LogP contribution >= 0.6 is 11.6 Å². The number of primary amides is 1. The number of nitriles is 1. The largest absolute Gasteiger partial charge is 0.439 e. The van der Waals surface area contributed by atoms with Crippen LogP contribution in [0.5, 0.6) is 11.6 Å². The zero-order chi connectivity index (χ0) is 22.0. The summed E-state index contributed by atoms with van der Waals surface area (Å²) in [5.41, 5.74) is 13.1. The van der Waals surface area contributed by atoms with E-state index >= 15 is 0 Å². The summed E-state index contributed by atoms with van der Waals surface area (Å²) in [6, 6.07) is 10.3. The van der Waals surface area contributed by atoms with Crippen LogP contribution in [-0.2, 0) is 0 Å². The highest BCUT2D eigenvalue weighted by molar-refractivity contribution is 6.30. The molecule has 4 rings (SSSR count). The van der Waals surface area contributed by atoms with Gasteiger partial charge in [-0.05, 0) is 43.2 Å². The van der Waals surface area contributed by atoms with E-state index in [1.165, 1.54) is 6.20 Å². The van der Waals surface area contributed by atoms with Crippen LogP contribution in [0.15, 0.2) is 42.6 Å². The lowest BCUT2D eigenvalue weighted by molar-refractivity contribution is 0.100. The number of nitrogens with two attached hydrogens (primary N) is 2. The van der Waals surface area contributed by atoms with Crippen molar-refractivity contribution in [1.29, 1.82) is 5.26 Å². The van der Waals surface area contributed by atoms with Gasteiger partial charge < -0.3 is 21.1 Å². The van der Waals surface area contributed by atoms with E-state index in [1.807, 2.05) is 0 Å². The lowest BCUT2D eigenvalue weighted by atomic mass is 10.1. The molecule has 1 aliphatic rings. The van der Waals surface area contributed by atoms with Crippen LogP contribution in [0.1, 0.15) is 29.2 Å². The molecule has 1 atom stereocenters. The van der Waals surface area contributed by atoms with Crippen LogP contribution in [0.2, 0.25) is 5.02 Å². The Hall–Kier alpha value is -3.77. The monoisotopic (exact) mass is 437 g/mol. The molecule has 1 amide bonds. The summed E-state index contributed by atoms with van der Waals surface area (Å²) in [4.78, 5) is 17.9. The number of anilines is 1. The Balaban J connectivity index is 1.63. The number of benzene rings is 1. The maximum Gasteiger partial charge on any atom is 0.254 e. The van der Waals surface area contributed by atoms with Gasteiger partial charge in [-0.25, -0.2) is 9.67 Å². The van der Waals surface area contributed by atoms with Gasteiger partial charge in [0.2, 0.25) is 5.88 Å². The predicted molar refractivity (Wildman–Crippen MR) is 115 cm³/mol. The number of likely N-dealkylation sites (tertiary alicyclic amines) is 1. The van der Waals surface area contributed by atoms with Crippen molar-refractivity contribution in [2.45, 2.75) is 18.9 Å². The van der Waals surface area contributed by atoms with Crippen LogP contribution in [0, 0.1) is 11.5 Å². The average Bonchev–Trinajstić information content (AvgIpc) is 3.13. The molecule has 0 spiro atoms. The molecule has 3 heterocycles. The summed E-state index contributed by atoms with van der Waals surface area (Å²) in [7, 11) is 0. The van der Waals surface area contributed by atoms with Gasteiger partial charge in [0.05, 0.1) is 17.6 Å². The topological polar surface area (TPSA) is 136 Å². The lowest BCUT2D eigenvalue weighted by Gasteiger charge is -2.29. The number of amides is 1. The minimum atomic E-state index is -0.655. The summed E-state index contributed by atoms with van der Waals surface area (Å²) >= 11 is 5.84. The normalized spacial score (nSPS) is 16.0. The van der Waals surface area contributed by atoms with Crippen LogP contribution < -0.4 is 16.2 Å². The summed E-state index contributed by atoms with van der Waals surface area (Å²) in [6.07, 6.45) is 5.31. The number of aromatic nitrogens is 3. The molecular weight excluding hydrogens is 418 g/mol. The summed E-state index contributed by atoms with van der Waals surface area (Å²) in [5.74, 6) is 0.516. The fourth-order valence-corrected chi connectivity index (χ4v) is 3.75. The number of nitrogen functional groups attached to an aromatic ring is 1. The van der Waals surface area contributed by atoms with Crippen LogP contribution in [-0.4, -0.2) is 38.7 Å². The first-order valence-corrected chi connectivity index (χ1v) is 10.1. The molecule has 1 aromatic carbocycles. The summed E-state index contributed by atoms with van der Waals surface area (Å²) in [5, 5.41) is 14.3. The summed E-state index contributed by atoms with van der Waals surface area (Å²) < 4.78 is 7.31. The van der Waals surface area contributed by atoms with Gasteiger partial charge in [0.25, 0.3) is 5.91 Å². The predicted octanol–water partition coefficient (Wildman–Crippen LogP) is 3.19. The van der Waals surface area contributed by atoms with Crippen molar-refractivity contribution in [1.82, 2.24) is 19.7 Å². The molecule has 2 aromatic heterocycles. The van der Waals surface area contributed by atoms with E-state index in [-0.39, 0.29) is 17.4 Å². The maximum absolute atomic E-state index is 12.2. The molecule has 3 aromatic rings. The number of carbonyl (C=O) groups excluding carboxylic acids is 1. The van der Waals surface area contributed by atoms with Gasteiger partial charge in [-0.15, -0.1) is 0 Å². The van der Waals surface area contributed by atoms with Crippen LogP contribution in [0.25, 0.3) is 11.3 Å². The van der Waals surface area contributed by atoms with Gasteiger partial charge in [-0.2, -0.15) is 10.4 Å². The van der Waals surface area contributed by atoms with Crippen LogP contribution in [0.4, 0.5) is 5.82 Å². The van der Waals surface area contributed by atoms with E-state index in [9.17, 15) is 10.1 Å². The van der Waals surface area contributed by atoms with Crippen molar-refractivity contribution >= 4 is 23.3 Å². The molecule has 9 nitrogen and oxygen atoms in total. The number of piperidine rings is 1. The number of pyridine rings is 1. The van der Waals surface area contributed by atoms with Gasteiger partial charge in [-0.1, -0.05) is 11.6 Å². The number of nitrogens with zero attached hydrogens (tertiary/aromatic N) is 5.